The molecule has 0 aliphatic carbocycles. The van der Waals surface area contributed by atoms with E-state index in [4.69, 9.17) is 4.74 Å². The van der Waals surface area contributed by atoms with Crippen LogP contribution in [-0.2, 0) is 13.6 Å². The molecule has 2 rings (SSSR count). The smallest absolute Gasteiger partial charge is 0.293 e. The molecule has 0 aromatic carbocycles. The predicted octanol–water partition coefficient (Wildman–Crippen LogP) is 0.796. The van der Waals surface area contributed by atoms with Gasteiger partial charge in [0.2, 0.25) is 5.88 Å². The Morgan fingerprint density at radius 1 is 1.39 bits per heavy atom. The molecule has 94 valence electrons. The van der Waals surface area contributed by atoms with Gasteiger partial charge in [0.05, 0.1) is 7.11 Å². The molecule has 6 heteroatoms. The zero-order valence-electron chi connectivity index (χ0n) is 10.3. The van der Waals surface area contributed by atoms with Gasteiger partial charge in [-0.15, -0.1) is 0 Å². The van der Waals surface area contributed by atoms with Crippen molar-refractivity contribution in [2.75, 3.05) is 12.4 Å². The lowest BCUT2D eigenvalue weighted by Gasteiger charge is -2.06. The van der Waals surface area contributed by atoms with Crippen LogP contribution in [0.2, 0.25) is 0 Å². The maximum Gasteiger partial charge on any atom is 0.293 e. The molecule has 6 nitrogen and oxygen atoms in total. The summed E-state index contributed by atoms with van der Waals surface area (Å²) in [6, 6.07) is 3.66. The molecule has 0 fully saturated rings. The van der Waals surface area contributed by atoms with Crippen LogP contribution in [-0.4, -0.2) is 21.6 Å². The van der Waals surface area contributed by atoms with Crippen molar-refractivity contribution < 1.29 is 4.74 Å². The highest BCUT2D eigenvalue weighted by molar-refractivity contribution is 5.33. The van der Waals surface area contributed by atoms with Gasteiger partial charge in [-0.1, -0.05) is 0 Å². The number of hydrogen-bond acceptors (Lipinski definition) is 5. The van der Waals surface area contributed by atoms with Crippen molar-refractivity contribution in [3.63, 3.8) is 0 Å². The summed E-state index contributed by atoms with van der Waals surface area (Å²) < 4.78 is 6.50. The summed E-state index contributed by atoms with van der Waals surface area (Å²) in [6.07, 6.45) is 4.85. The molecule has 0 aliphatic rings. The SMILES string of the molecule is COc1cc(CNc2nccn(C)c2=O)ccn1. The van der Waals surface area contributed by atoms with Gasteiger partial charge in [0.1, 0.15) is 0 Å². The number of anilines is 1. The summed E-state index contributed by atoms with van der Waals surface area (Å²) in [5.41, 5.74) is 0.813. The summed E-state index contributed by atoms with van der Waals surface area (Å²) in [6.45, 7) is 0.491. The molecule has 2 aromatic rings. The maximum atomic E-state index is 11.7. The van der Waals surface area contributed by atoms with E-state index in [1.807, 2.05) is 6.07 Å². The Morgan fingerprint density at radius 3 is 3.00 bits per heavy atom. The number of nitrogens with zero attached hydrogens (tertiary/aromatic N) is 3. The molecule has 18 heavy (non-hydrogen) atoms. The fourth-order valence-electron chi connectivity index (χ4n) is 1.48. The van der Waals surface area contributed by atoms with Crippen molar-refractivity contribution in [1.82, 2.24) is 14.5 Å². The second kappa shape index (κ2) is 5.31. The molecule has 2 heterocycles. The lowest BCUT2D eigenvalue weighted by atomic mass is 10.2. The van der Waals surface area contributed by atoms with Gasteiger partial charge in [-0.2, -0.15) is 0 Å². The lowest BCUT2D eigenvalue weighted by Crippen LogP contribution is -2.21. The Morgan fingerprint density at radius 2 is 2.22 bits per heavy atom. The summed E-state index contributed by atoms with van der Waals surface area (Å²) in [5.74, 6) is 0.874. The molecular formula is C12H14N4O2. The molecule has 0 radical (unpaired) electrons. The van der Waals surface area contributed by atoms with Crippen LogP contribution >= 0.6 is 0 Å². The first-order chi connectivity index (χ1) is 8.70. The van der Waals surface area contributed by atoms with E-state index in [9.17, 15) is 4.79 Å². The number of methoxy groups -OCH3 is 1. The molecule has 0 spiro atoms. The van der Waals surface area contributed by atoms with E-state index >= 15 is 0 Å². The average Bonchev–Trinajstić information content (AvgIpc) is 2.41. The molecule has 0 saturated heterocycles. The predicted molar refractivity (Wildman–Crippen MR) is 67.6 cm³/mol. The zero-order valence-corrected chi connectivity index (χ0v) is 10.3. The normalized spacial score (nSPS) is 10.1. The number of ether oxygens (including phenoxy) is 1. The topological polar surface area (TPSA) is 69.0 Å². The number of aryl methyl sites for hydroxylation is 1. The van der Waals surface area contributed by atoms with Gasteiger partial charge < -0.3 is 14.6 Å². The summed E-state index contributed by atoms with van der Waals surface area (Å²) >= 11 is 0. The molecular weight excluding hydrogens is 232 g/mol. The fourth-order valence-corrected chi connectivity index (χ4v) is 1.48. The molecule has 0 saturated carbocycles. The van der Waals surface area contributed by atoms with Gasteiger partial charge in [-0.25, -0.2) is 9.97 Å². The summed E-state index contributed by atoms with van der Waals surface area (Å²) in [7, 11) is 3.25. The number of aromatic nitrogens is 3. The lowest BCUT2D eigenvalue weighted by molar-refractivity contribution is 0.397. The summed E-state index contributed by atoms with van der Waals surface area (Å²) in [4.78, 5) is 19.7. The van der Waals surface area contributed by atoms with Crippen LogP contribution < -0.4 is 15.6 Å². The minimum Gasteiger partial charge on any atom is -0.481 e. The third kappa shape index (κ3) is 2.65. The molecule has 0 amide bonds. The third-order valence-corrected chi connectivity index (χ3v) is 2.49. The van der Waals surface area contributed by atoms with Crippen LogP contribution in [0, 0.1) is 0 Å². The van der Waals surface area contributed by atoms with Crippen LogP contribution in [0.5, 0.6) is 5.88 Å². The highest BCUT2D eigenvalue weighted by Crippen LogP contribution is 2.09. The Balaban J connectivity index is 2.11. The van der Waals surface area contributed by atoms with E-state index in [-0.39, 0.29) is 5.56 Å². The highest BCUT2D eigenvalue weighted by atomic mass is 16.5. The van der Waals surface area contributed by atoms with Crippen LogP contribution in [0.4, 0.5) is 5.82 Å². The first-order valence-electron chi connectivity index (χ1n) is 5.45. The van der Waals surface area contributed by atoms with Crippen molar-refractivity contribution in [1.29, 1.82) is 0 Å². The van der Waals surface area contributed by atoms with Crippen LogP contribution in [0.3, 0.4) is 0 Å². The second-order valence-corrected chi connectivity index (χ2v) is 3.75. The van der Waals surface area contributed by atoms with Gasteiger partial charge in [-0.05, 0) is 11.6 Å². The quantitative estimate of drug-likeness (QED) is 0.864. The van der Waals surface area contributed by atoms with Crippen molar-refractivity contribution in [3.05, 3.63) is 46.6 Å². The van der Waals surface area contributed by atoms with Crippen LogP contribution in [0.15, 0.2) is 35.5 Å². The van der Waals surface area contributed by atoms with Gasteiger partial charge in [-0.3, -0.25) is 4.79 Å². The number of hydrogen-bond donors (Lipinski definition) is 1. The van der Waals surface area contributed by atoms with Gasteiger partial charge in [0.15, 0.2) is 5.82 Å². The second-order valence-electron chi connectivity index (χ2n) is 3.75. The monoisotopic (exact) mass is 246 g/mol. The molecule has 0 aliphatic heterocycles. The van der Waals surface area contributed by atoms with E-state index in [2.05, 4.69) is 15.3 Å². The molecule has 1 N–H and O–H groups in total. The van der Waals surface area contributed by atoms with Gasteiger partial charge in [0.25, 0.3) is 5.56 Å². The molecule has 0 bridgehead atoms. The first kappa shape index (κ1) is 12.1. The fraction of sp³-hybridized carbons (Fsp3) is 0.250. The van der Waals surface area contributed by atoms with Crippen molar-refractivity contribution in [2.24, 2.45) is 7.05 Å². The van der Waals surface area contributed by atoms with Crippen molar-refractivity contribution in [2.45, 2.75) is 6.54 Å². The standard InChI is InChI=1S/C12H14N4O2/c1-16-6-5-14-11(12(16)17)15-8-9-3-4-13-10(7-9)18-2/h3-7H,8H2,1-2H3,(H,14,15). The van der Waals surface area contributed by atoms with Crippen molar-refractivity contribution >= 4 is 5.82 Å². The largest absolute Gasteiger partial charge is 0.481 e. The average molecular weight is 246 g/mol. The van der Waals surface area contributed by atoms with E-state index in [1.165, 1.54) is 4.57 Å². The number of nitrogens with one attached hydrogen (secondary N) is 1. The van der Waals surface area contributed by atoms with E-state index in [0.717, 1.165) is 5.56 Å². The minimum absolute atomic E-state index is 0.154. The highest BCUT2D eigenvalue weighted by Gasteiger charge is 2.02. The van der Waals surface area contributed by atoms with E-state index in [1.54, 1.807) is 38.8 Å². The maximum absolute atomic E-state index is 11.7. The zero-order chi connectivity index (χ0) is 13.0. The molecule has 2 aromatic heterocycles. The molecule has 0 atom stereocenters. The minimum atomic E-state index is -0.154. The Labute approximate surface area is 104 Å². The Hall–Kier alpha value is -2.37. The number of pyridine rings is 1. The van der Waals surface area contributed by atoms with Crippen molar-refractivity contribution in [3.8, 4) is 5.88 Å². The first-order valence-corrected chi connectivity index (χ1v) is 5.45. The Kier molecular flexibility index (Phi) is 3.57. The van der Waals surface area contributed by atoms with Crippen LogP contribution in [0.1, 0.15) is 5.56 Å². The Bertz CT molecular complexity index is 595. The third-order valence-electron chi connectivity index (χ3n) is 2.49. The number of rotatable bonds is 4. The molecule has 0 unspecified atom stereocenters. The van der Waals surface area contributed by atoms with Gasteiger partial charge >= 0.3 is 0 Å². The van der Waals surface area contributed by atoms with E-state index in [0.29, 0.717) is 18.2 Å². The van der Waals surface area contributed by atoms with E-state index < -0.39 is 0 Å². The van der Waals surface area contributed by atoms with Gasteiger partial charge in [0, 0.05) is 38.2 Å². The van der Waals surface area contributed by atoms with Crippen LogP contribution in [0.25, 0.3) is 0 Å². The summed E-state index contributed by atoms with van der Waals surface area (Å²) in [5, 5.41) is 2.99.